The van der Waals surface area contributed by atoms with Crippen molar-refractivity contribution < 1.29 is 9.21 Å². The third kappa shape index (κ3) is 3.12. The van der Waals surface area contributed by atoms with Gasteiger partial charge in [0.05, 0.1) is 16.8 Å². The molecule has 0 aromatic carbocycles. The Morgan fingerprint density at radius 1 is 1.37 bits per heavy atom. The molecule has 1 amide bonds. The molecule has 6 heteroatoms. The van der Waals surface area contributed by atoms with Crippen LogP contribution in [0.2, 0.25) is 5.02 Å². The van der Waals surface area contributed by atoms with E-state index in [1.54, 1.807) is 26.1 Å². The van der Waals surface area contributed by atoms with Gasteiger partial charge in [0.2, 0.25) is 5.89 Å². The average molecular weight is 280 g/mol. The lowest BCUT2D eigenvalue weighted by atomic mass is 10.2. The van der Waals surface area contributed by atoms with Crippen molar-refractivity contribution in [3.05, 3.63) is 46.4 Å². The molecule has 0 aliphatic carbocycles. The fraction of sp³-hybridized carbons (Fsp3) is 0.308. The molecule has 0 saturated carbocycles. The zero-order valence-electron chi connectivity index (χ0n) is 10.9. The van der Waals surface area contributed by atoms with Gasteiger partial charge in [0.25, 0.3) is 5.91 Å². The van der Waals surface area contributed by atoms with Crippen LogP contribution in [-0.2, 0) is 0 Å². The Morgan fingerprint density at radius 2 is 2.11 bits per heavy atom. The fourth-order valence-electron chi connectivity index (χ4n) is 1.60. The Balaban J connectivity index is 2.12. The van der Waals surface area contributed by atoms with Gasteiger partial charge in [-0.25, -0.2) is 4.98 Å². The van der Waals surface area contributed by atoms with Crippen molar-refractivity contribution in [2.75, 3.05) is 0 Å². The molecular formula is C13H14ClN3O2. The molecule has 1 N–H and O–H groups in total. The molecule has 2 rings (SSSR count). The summed E-state index contributed by atoms with van der Waals surface area (Å²) in [5, 5.41) is 3.14. The molecule has 2 aromatic rings. The third-order valence-corrected chi connectivity index (χ3v) is 2.90. The molecule has 0 saturated heterocycles. The molecule has 2 aromatic heterocycles. The van der Waals surface area contributed by atoms with E-state index in [1.165, 1.54) is 6.20 Å². The number of aromatic nitrogens is 2. The Bertz CT molecular complexity index is 610. The molecule has 5 nitrogen and oxygen atoms in total. The third-order valence-electron chi connectivity index (χ3n) is 2.59. The zero-order chi connectivity index (χ0) is 14.0. The number of halogens is 1. The van der Waals surface area contributed by atoms with Crippen molar-refractivity contribution in [2.24, 2.45) is 0 Å². The summed E-state index contributed by atoms with van der Waals surface area (Å²) in [6.07, 6.45) is 3.07. The lowest BCUT2D eigenvalue weighted by Crippen LogP contribution is -2.27. The Morgan fingerprint density at radius 3 is 2.68 bits per heavy atom. The summed E-state index contributed by atoms with van der Waals surface area (Å²) in [7, 11) is 0. The van der Waals surface area contributed by atoms with Crippen LogP contribution in [0.3, 0.4) is 0 Å². The van der Waals surface area contributed by atoms with Crippen molar-refractivity contribution in [2.45, 2.75) is 26.8 Å². The van der Waals surface area contributed by atoms with Gasteiger partial charge >= 0.3 is 0 Å². The quantitative estimate of drug-likeness (QED) is 0.938. The summed E-state index contributed by atoms with van der Waals surface area (Å²) >= 11 is 6.02. The van der Waals surface area contributed by atoms with E-state index >= 15 is 0 Å². The summed E-state index contributed by atoms with van der Waals surface area (Å²) < 4.78 is 5.36. The topological polar surface area (TPSA) is 68.0 Å². The number of carbonyl (C=O) groups excluding carboxylic acids is 1. The molecule has 0 fully saturated rings. The lowest BCUT2D eigenvalue weighted by molar-refractivity contribution is 0.0933. The number of oxazole rings is 1. The second kappa shape index (κ2) is 5.40. The number of nitrogens with zero attached hydrogens (tertiary/aromatic N) is 2. The molecule has 0 aliphatic rings. The van der Waals surface area contributed by atoms with Gasteiger partial charge in [-0.1, -0.05) is 11.6 Å². The first-order valence-electron chi connectivity index (χ1n) is 5.82. The van der Waals surface area contributed by atoms with E-state index in [1.807, 2.05) is 6.92 Å². The van der Waals surface area contributed by atoms with Crippen LogP contribution in [-0.4, -0.2) is 15.9 Å². The van der Waals surface area contributed by atoms with E-state index in [9.17, 15) is 4.79 Å². The van der Waals surface area contributed by atoms with E-state index in [2.05, 4.69) is 15.3 Å². The second-order valence-corrected chi connectivity index (χ2v) is 4.72. The van der Waals surface area contributed by atoms with Gasteiger partial charge in [-0.05, 0) is 26.8 Å². The van der Waals surface area contributed by atoms with Gasteiger partial charge in [0.1, 0.15) is 11.8 Å². The molecule has 19 heavy (non-hydrogen) atoms. The Kier molecular flexibility index (Phi) is 3.85. The summed E-state index contributed by atoms with van der Waals surface area (Å²) in [5.74, 6) is 0.856. The highest BCUT2D eigenvalue weighted by Crippen LogP contribution is 2.18. The molecule has 0 radical (unpaired) electrons. The van der Waals surface area contributed by atoms with Crippen LogP contribution in [0.5, 0.6) is 0 Å². The van der Waals surface area contributed by atoms with Crippen molar-refractivity contribution in [3.63, 3.8) is 0 Å². The highest BCUT2D eigenvalue weighted by molar-refractivity contribution is 6.33. The van der Waals surface area contributed by atoms with E-state index in [4.69, 9.17) is 16.0 Å². The predicted molar refractivity (Wildman–Crippen MR) is 71.1 cm³/mol. The van der Waals surface area contributed by atoms with Crippen LogP contribution in [0.4, 0.5) is 0 Å². The number of rotatable bonds is 3. The van der Waals surface area contributed by atoms with Crippen molar-refractivity contribution >= 4 is 17.5 Å². The number of aryl methyl sites for hydroxylation is 2. The van der Waals surface area contributed by atoms with Crippen LogP contribution in [0.25, 0.3) is 0 Å². The molecular weight excluding hydrogens is 266 g/mol. The summed E-state index contributed by atoms with van der Waals surface area (Å²) in [6.45, 7) is 5.40. The first-order valence-corrected chi connectivity index (χ1v) is 6.20. The van der Waals surface area contributed by atoms with Crippen LogP contribution < -0.4 is 5.32 Å². The number of nitrogens with one attached hydrogen (secondary N) is 1. The Labute approximate surface area is 116 Å². The monoisotopic (exact) mass is 279 g/mol. The van der Waals surface area contributed by atoms with E-state index in [0.717, 1.165) is 5.69 Å². The zero-order valence-corrected chi connectivity index (χ0v) is 11.7. The van der Waals surface area contributed by atoms with Crippen molar-refractivity contribution in [1.29, 1.82) is 0 Å². The van der Waals surface area contributed by atoms with Gasteiger partial charge in [-0.3, -0.25) is 9.78 Å². The summed E-state index contributed by atoms with van der Waals surface area (Å²) in [6, 6.07) is 1.31. The van der Waals surface area contributed by atoms with Crippen LogP contribution in [0.15, 0.2) is 22.9 Å². The van der Waals surface area contributed by atoms with E-state index in [-0.39, 0.29) is 11.9 Å². The van der Waals surface area contributed by atoms with Gasteiger partial charge < -0.3 is 9.73 Å². The van der Waals surface area contributed by atoms with Gasteiger partial charge in [0, 0.05) is 11.9 Å². The maximum atomic E-state index is 12.1. The standard InChI is InChI=1S/C13H14ClN3O2/c1-7-4-11(14)10(6-15-7)12(18)17-9(3)13-16-5-8(2)19-13/h4-6,9H,1-3H3,(H,17,18). The highest BCUT2D eigenvalue weighted by Gasteiger charge is 2.17. The van der Waals surface area contributed by atoms with Crippen LogP contribution >= 0.6 is 11.6 Å². The first kappa shape index (κ1) is 13.5. The smallest absolute Gasteiger partial charge is 0.255 e. The predicted octanol–water partition coefficient (Wildman–Crippen LogP) is 2.83. The van der Waals surface area contributed by atoms with Gasteiger partial charge in [-0.15, -0.1) is 0 Å². The van der Waals surface area contributed by atoms with Gasteiger partial charge in [0.15, 0.2) is 0 Å². The molecule has 0 aliphatic heterocycles. The molecule has 100 valence electrons. The van der Waals surface area contributed by atoms with Crippen LogP contribution in [0.1, 0.15) is 40.7 Å². The Hall–Kier alpha value is -1.88. The molecule has 1 unspecified atom stereocenters. The number of pyridine rings is 1. The molecule has 2 heterocycles. The van der Waals surface area contributed by atoms with Crippen molar-refractivity contribution in [1.82, 2.24) is 15.3 Å². The summed E-state index contributed by atoms with van der Waals surface area (Å²) in [4.78, 5) is 20.2. The average Bonchev–Trinajstić information content (AvgIpc) is 2.75. The van der Waals surface area contributed by atoms with Crippen molar-refractivity contribution in [3.8, 4) is 0 Å². The second-order valence-electron chi connectivity index (χ2n) is 4.31. The minimum atomic E-state index is -0.335. The van der Waals surface area contributed by atoms with Gasteiger partial charge in [-0.2, -0.15) is 0 Å². The minimum Gasteiger partial charge on any atom is -0.444 e. The molecule has 0 bridgehead atoms. The number of hydrogen-bond donors (Lipinski definition) is 1. The molecule has 1 atom stereocenters. The van der Waals surface area contributed by atoms with E-state index < -0.39 is 0 Å². The SMILES string of the molecule is Cc1cc(Cl)c(C(=O)NC(C)c2ncc(C)o2)cn1. The minimum absolute atomic E-state index is 0.305. The van der Waals surface area contributed by atoms with E-state index in [0.29, 0.717) is 22.2 Å². The number of carbonyl (C=O) groups is 1. The highest BCUT2D eigenvalue weighted by atomic mass is 35.5. The first-order chi connectivity index (χ1) is 8.97. The largest absolute Gasteiger partial charge is 0.444 e. The normalized spacial score (nSPS) is 12.2. The number of hydrogen-bond acceptors (Lipinski definition) is 4. The van der Waals surface area contributed by atoms with Crippen LogP contribution in [0, 0.1) is 13.8 Å². The fourth-order valence-corrected chi connectivity index (χ4v) is 1.89. The summed E-state index contributed by atoms with van der Waals surface area (Å²) in [5.41, 5.74) is 1.10. The number of amides is 1. The lowest BCUT2D eigenvalue weighted by Gasteiger charge is -2.11. The molecule has 0 spiro atoms. The maximum Gasteiger partial charge on any atom is 0.255 e. The maximum absolute atomic E-state index is 12.1.